The van der Waals surface area contributed by atoms with Crippen molar-refractivity contribution in [3.63, 3.8) is 0 Å². The van der Waals surface area contributed by atoms with Crippen LogP contribution in [0.1, 0.15) is 20.7 Å². The average molecular weight is 243 g/mol. The van der Waals surface area contributed by atoms with Gasteiger partial charge in [0.15, 0.2) is 0 Å². The molecule has 1 aromatic heterocycles. The molecule has 0 fully saturated rings. The van der Waals surface area contributed by atoms with Gasteiger partial charge >= 0.3 is 5.97 Å². The van der Waals surface area contributed by atoms with E-state index in [1.165, 1.54) is 30.9 Å². The molecule has 0 atom stereocenters. The lowest BCUT2D eigenvalue weighted by Gasteiger charge is -2.07. The number of carboxylic acid groups (broad SMARTS) is 1. The maximum absolute atomic E-state index is 11.8. The van der Waals surface area contributed by atoms with Crippen molar-refractivity contribution in [1.29, 1.82) is 0 Å². The van der Waals surface area contributed by atoms with E-state index in [2.05, 4.69) is 15.3 Å². The van der Waals surface area contributed by atoms with Crippen LogP contribution >= 0.6 is 0 Å². The first-order valence-electron chi connectivity index (χ1n) is 5.07. The molecule has 2 aromatic rings. The Kier molecular flexibility index (Phi) is 3.29. The van der Waals surface area contributed by atoms with Gasteiger partial charge in [0.25, 0.3) is 5.91 Å². The van der Waals surface area contributed by atoms with E-state index in [9.17, 15) is 9.59 Å². The van der Waals surface area contributed by atoms with Crippen LogP contribution < -0.4 is 5.32 Å². The molecule has 0 bridgehead atoms. The molecule has 1 amide bonds. The van der Waals surface area contributed by atoms with Crippen LogP contribution in [0.3, 0.4) is 0 Å². The summed E-state index contributed by atoms with van der Waals surface area (Å²) in [4.78, 5) is 30.2. The summed E-state index contributed by atoms with van der Waals surface area (Å²) < 4.78 is 0. The summed E-state index contributed by atoms with van der Waals surface area (Å²) in [7, 11) is 0. The van der Waals surface area contributed by atoms with E-state index in [0.29, 0.717) is 0 Å². The van der Waals surface area contributed by atoms with Crippen molar-refractivity contribution in [1.82, 2.24) is 9.97 Å². The van der Waals surface area contributed by atoms with Gasteiger partial charge in [0.2, 0.25) is 0 Å². The van der Waals surface area contributed by atoms with E-state index < -0.39 is 11.9 Å². The minimum absolute atomic E-state index is 0.0303. The number of aromatic nitrogens is 2. The van der Waals surface area contributed by atoms with Gasteiger partial charge < -0.3 is 10.4 Å². The van der Waals surface area contributed by atoms with Gasteiger partial charge in [0.1, 0.15) is 6.33 Å². The molecular weight excluding hydrogens is 234 g/mol. The fourth-order valence-corrected chi connectivity index (χ4v) is 1.39. The molecular formula is C12H9N3O3. The SMILES string of the molecule is O=C(Nc1ccccc1C(=O)O)c1cncnc1. The number of hydrogen-bond acceptors (Lipinski definition) is 4. The summed E-state index contributed by atoms with van der Waals surface area (Å²) in [5.41, 5.74) is 0.527. The van der Waals surface area contributed by atoms with Crippen molar-refractivity contribution in [2.75, 3.05) is 5.32 Å². The quantitative estimate of drug-likeness (QED) is 0.850. The molecule has 6 heteroatoms. The lowest BCUT2D eigenvalue weighted by molar-refractivity contribution is 0.0698. The molecule has 90 valence electrons. The Morgan fingerprint density at radius 3 is 2.44 bits per heavy atom. The van der Waals surface area contributed by atoms with E-state index in [1.54, 1.807) is 12.1 Å². The number of carbonyl (C=O) groups excluding carboxylic acids is 1. The van der Waals surface area contributed by atoms with E-state index in [-0.39, 0.29) is 16.8 Å². The third kappa shape index (κ3) is 2.49. The van der Waals surface area contributed by atoms with Gasteiger partial charge in [0, 0.05) is 12.4 Å². The maximum atomic E-state index is 11.8. The number of benzene rings is 1. The molecule has 6 nitrogen and oxygen atoms in total. The Bertz CT molecular complexity index is 584. The molecule has 0 spiro atoms. The summed E-state index contributed by atoms with van der Waals surface area (Å²) in [6.45, 7) is 0. The average Bonchev–Trinajstić information content (AvgIpc) is 2.40. The zero-order valence-corrected chi connectivity index (χ0v) is 9.20. The lowest BCUT2D eigenvalue weighted by Crippen LogP contribution is -2.15. The summed E-state index contributed by atoms with van der Waals surface area (Å²) in [5, 5.41) is 11.5. The zero-order valence-electron chi connectivity index (χ0n) is 9.20. The number of aromatic carboxylic acids is 1. The molecule has 0 saturated heterocycles. The first kappa shape index (κ1) is 11.7. The fourth-order valence-electron chi connectivity index (χ4n) is 1.39. The Hall–Kier alpha value is -2.76. The number of nitrogens with zero attached hydrogens (tertiary/aromatic N) is 2. The van der Waals surface area contributed by atoms with Crippen molar-refractivity contribution in [2.45, 2.75) is 0 Å². The molecule has 0 aliphatic carbocycles. The second-order valence-electron chi connectivity index (χ2n) is 3.43. The molecule has 2 N–H and O–H groups in total. The van der Waals surface area contributed by atoms with Gasteiger partial charge in [-0.05, 0) is 12.1 Å². The van der Waals surface area contributed by atoms with Crippen LogP contribution in [0.4, 0.5) is 5.69 Å². The molecule has 0 aliphatic rings. The van der Waals surface area contributed by atoms with Gasteiger partial charge in [-0.25, -0.2) is 14.8 Å². The van der Waals surface area contributed by atoms with Crippen molar-refractivity contribution < 1.29 is 14.7 Å². The van der Waals surface area contributed by atoms with Gasteiger partial charge in [0.05, 0.1) is 16.8 Å². The molecule has 2 rings (SSSR count). The maximum Gasteiger partial charge on any atom is 0.337 e. The highest BCUT2D eigenvalue weighted by atomic mass is 16.4. The third-order valence-corrected chi connectivity index (χ3v) is 2.23. The number of para-hydroxylation sites is 1. The van der Waals surface area contributed by atoms with Crippen molar-refractivity contribution >= 4 is 17.6 Å². The van der Waals surface area contributed by atoms with Crippen molar-refractivity contribution in [3.8, 4) is 0 Å². The normalized spacial score (nSPS) is 9.78. The number of nitrogens with one attached hydrogen (secondary N) is 1. The monoisotopic (exact) mass is 243 g/mol. The topological polar surface area (TPSA) is 92.2 Å². The molecule has 0 radical (unpaired) electrons. The molecule has 0 saturated carbocycles. The van der Waals surface area contributed by atoms with Crippen LogP contribution in [-0.2, 0) is 0 Å². The molecule has 18 heavy (non-hydrogen) atoms. The van der Waals surface area contributed by atoms with Crippen LogP contribution in [0.15, 0.2) is 43.0 Å². The van der Waals surface area contributed by atoms with Gasteiger partial charge in [-0.15, -0.1) is 0 Å². The highest BCUT2D eigenvalue weighted by Crippen LogP contribution is 2.15. The largest absolute Gasteiger partial charge is 0.478 e. The van der Waals surface area contributed by atoms with E-state index in [0.717, 1.165) is 0 Å². The molecule has 1 heterocycles. The number of anilines is 1. The minimum Gasteiger partial charge on any atom is -0.478 e. The Morgan fingerprint density at radius 1 is 1.11 bits per heavy atom. The van der Waals surface area contributed by atoms with Crippen molar-refractivity contribution in [2.24, 2.45) is 0 Å². The van der Waals surface area contributed by atoms with Gasteiger partial charge in [-0.2, -0.15) is 0 Å². The fraction of sp³-hybridized carbons (Fsp3) is 0. The Labute approximate surface area is 102 Å². The summed E-state index contributed by atoms with van der Waals surface area (Å²) in [5.74, 6) is -1.56. The molecule has 0 aliphatic heterocycles. The Morgan fingerprint density at radius 2 is 1.78 bits per heavy atom. The second kappa shape index (κ2) is 5.05. The first-order valence-corrected chi connectivity index (χ1v) is 5.07. The van der Waals surface area contributed by atoms with E-state index in [1.807, 2.05) is 0 Å². The summed E-state index contributed by atoms with van der Waals surface area (Å²) in [6.07, 6.45) is 4.01. The van der Waals surface area contributed by atoms with Gasteiger partial charge in [-0.3, -0.25) is 4.79 Å². The highest BCUT2D eigenvalue weighted by Gasteiger charge is 2.12. The molecule has 1 aromatic carbocycles. The van der Waals surface area contributed by atoms with Crippen LogP contribution in [0.25, 0.3) is 0 Å². The number of hydrogen-bond donors (Lipinski definition) is 2. The van der Waals surface area contributed by atoms with E-state index >= 15 is 0 Å². The third-order valence-electron chi connectivity index (χ3n) is 2.23. The number of carbonyl (C=O) groups is 2. The smallest absolute Gasteiger partial charge is 0.337 e. The van der Waals surface area contributed by atoms with Crippen LogP contribution in [0, 0.1) is 0 Å². The van der Waals surface area contributed by atoms with Crippen LogP contribution in [0.5, 0.6) is 0 Å². The van der Waals surface area contributed by atoms with Crippen LogP contribution in [0.2, 0.25) is 0 Å². The van der Waals surface area contributed by atoms with Crippen LogP contribution in [-0.4, -0.2) is 27.0 Å². The van der Waals surface area contributed by atoms with E-state index in [4.69, 9.17) is 5.11 Å². The number of rotatable bonds is 3. The number of carboxylic acids is 1. The first-order chi connectivity index (χ1) is 8.68. The standard InChI is InChI=1S/C12H9N3O3/c16-11(8-5-13-7-14-6-8)15-10-4-2-1-3-9(10)12(17)18/h1-7H,(H,15,16)(H,17,18). The van der Waals surface area contributed by atoms with Crippen molar-refractivity contribution in [3.05, 3.63) is 54.1 Å². The lowest BCUT2D eigenvalue weighted by atomic mass is 10.1. The predicted octanol–water partition coefficient (Wildman–Crippen LogP) is 1.43. The predicted molar refractivity (Wildman–Crippen MR) is 63.4 cm³/mol. The van der Waals surface area contributed by atoms with Gasteiger partial charge in [-0.1, -0.05) is 12.1 Å². The Balaban J connectivity index is 2.25. The zero-order chi connectivity index (χ0) is 13.0. The molecule has 0 unspecified atom stereocenters. The minimum atomic E-state index is -1.10. The summed E-state index contributed by atoms with van der Waals surface area (Å²) >= 11 is 0. The number of amides is 1. The highest BCUT2D eigenvalue weighted by molar-refractivity contribution is 6.07. The second-order valence-corrected chi connectivity index (χ2v) is 3.43. The summed E-state index contributed by atoms with van der Waals surface area (Å²) in [6, 6.07) is 6.17.